The molecule has 0 spiro atoms. The molecule has 1 heterocycles. The fourth-order valence-corrected chi connectivity index (χ4v) is 5.98. The molecule has 42 heavy (non-hydrogen) atoms. The Hall–Kier alpha value is -3.43. The average Bonchev–Trinajstić information content (AvgIpc) is 3.22. The summed E-state index contributed by atoms with van der Waals surface area (Å²) in [5.41, 5.74) is 0.736. The number of halogens is 1. The molecule has 226 valence electrons. The van der Waals surface area contributed by atoms with Crippen molar-refractivity contribution in [1.29, 1.82) is 0 Å². The van der Waals surface area contributed by atoms with Gasteiger partial charge in [-0.1, -0.05) is 80.1 Å². The van der Waals surface area contributed by atoms with Crippen molar-refractivity contribution in [3.05, 3.63) is 70.2 Å². The van der Waals surface area contributed by atoms with E-state index in [9.17, 15) is 24.3 Å². The van der Waals surface area contributed by atoms with Crippen molar-refractivity contribution in [2.24, 2.45) is 5.92 Å². The summed E-state index contributed by atoms with van der Waals surface area (Å²) in [4.78, 5) is 52.8. The van der Waals surface area contributed by atoms with Crippen molar-refractivity contribution >= 4 is 35.8 Å². The highest BCUT2D eigenvalue weighted by Gasteiger charge is 2.35. The molecule has 1 aliphatic heterocycles. The third-order valence-corrected chi connectivity index (χ3v) is 8.36. The predicted molar refractivity (Wildman–Crippen MR) is 158 cm³/mol. The first-order valence-electron chi connectivity index (χ1n) is 14.8. The van der Waals surface area contributed by atoms with Gasteiger partial charge in [-0.15, -0.1) is 0 Å². The van der Waals surface area contributed by atoms with Crippen molar-refractivity contribution in [1.82, 2.24) is 15.5 Å². The number of hydrogen-bond acceptors (Lipinski definition) is 6. The van der Waals surface area contributed by atoms with Gasteiger partial charge in [-0.2, -0.15) is 0 Å². The van der Waals surface area contributed by atoms with Gasteiger partial charge < -0.3 is 25.4 Å². The van der Waals surface area contributed by atoms with Crippen LogP contribution in [0.25, 0.3) is 0 Å². The van der Waals surface area contributed by atoms with Gasteiger partial charge in [0.2, 0.25) is 11.8 Å². The monoisotopic (exact) mass is 597 g/mol. The second-order valence-corrected chi connectivity index (χ2v) is 11.8. The van der Waals surface area contributed by atoms with E-state index in [1.807, 2.05) is 18.2 Å². The SMILES string of the molecule is O=CC(O)(CCC(=O)N1CCCc2ccccc2C1)NC(=O)[C@H](CC1CCCCC1)NC(=O)OCc1cccc(Cl)c1. The average molecular weight is 598 g/mol. The van der Waals surface area contributed by atoms with E-state index < -0.39 is 23.8 Å². The number of hydrogen-bond donors (Lipinski definition) is 3. The molecule has 3 N–H and O–H groups in total. The van der Waals surface area contributed by atoms with Crippen LogP contribution in [0.3, 0.4) is 0 Å². The minimum atomic E-state index is -2.26. The van der Waals surface area contributed by atoms with Crippen LogP contribution in [0.5, 0.6) is 0 Å². The molecule has 9 nitrogen and oxygen atoms in total. The van der Waals surface area contributed by atoms with Crippen LogP contribution in [-0.2, 0) is 38.7 Å². The van der Waals surface area contributed by atoms with Gasteiger partial charge in [0.05, 0.1) is 0 Å². The number of alkyl carbamates (subject to hydrolysis) is 1. The van der Waals surface area contributed by atoms with Gasteiger partial charge in [-0.25, -0.2) is 4.79 Å². The van der Waals surface area contributed by atoms with Crippen molar-refractivity contribution < 1.29 is 29.0 Å². The van der Waals surface area contributed by atoms with E-state index in [1.165, 1.54) is 5.56 Å². The van der Waals surface area contributed by atoms with Crippen LogP contribution in [0.2, 0.25) is 5.02 Å². The van der Waals surface area contributed by atoms with Gasteiger partial charge in [0.1, 0.15) is 12.6 Å². The molecule has 1 saturated carbocycles. The first kappa shape index (κ1) is 31.5. The molecule has 2 aliphatic rings. The van der Waals surface area contributed by atoms with Crippen LogP contribution < -0.4 is 10.6 Å². The third kappa shape index (κ3) is 9.29. The second kappa shape index (κ2) is 15.2. The number of carbonyl (C=O) groups excluding carboxylic acids is 4. The van der Waals surface area contributed by atoms with Crippen molar-refractivity contribution in [3.63, 3.8) is 0 Å². The van der Waals surface area contributed by atoms with Crippen LogP contribution in [0, 0.1) is 5.92 Å². The largest absolute Gasteiger partial charge is 0.445 e. The van der Waals surface area contributed by atoms with E-state index in [-0.39, 0.29) is 37.6 Å². The highest BCUT2D eigenvalue weighted by Crippen LogP contribution is 2.28. The molecular formula is C32H40ClN3O6. The van der Waals surface area contributed by atoms with Gasteiger partial charge >= 0.3 is 6.09 Å². The second-order valence-electron chi connectivity index (χ2n) is 11.4. The summed E-state index contributed by atoms with van der Waals surface area (Å²) in [5, 5.41) is 16.5. The standard InChI is InChI=1S/C32H40ClN3O6/c33-27-14-6-10-24(18-27)21-42-31(40)34-28(19-23-8-2-1-3-9-23)30(39)35-32(41,22-37)16-15-29(38)36-17-7-13-25-11-4-5-12-26(25)20-36/h4-6,10-12,14,18,22-23,28,41H,1-3,7-9,13,15-17,19-21H2,(H,34,40)(H,35,39)/t28-,32?/m0/s1. The number of nitrogens with one attached hydrogen (secondary N) is 2. The first-order chi connectivity index (χ1) is 20.2. The molecular weight excluding hydrogens is 558 g/mol. The van der Waals surface area contributed by atoms with E-state index in [1.54, 1.807) is 29.2 Å². The molecule has 2 aromatic carbocycles. The van der Waals surface area contributed by atoms with Gasteiger partial charge in [-0.3, -0.25) is 14.4 Å². The molecule has 0 bridgehead atoms. The number of aliphatic hydroxyl groups is 1. The molecule has 1 fully saturated rings. The molecule has 2 atom stereocenters. The summed E-state index contributed by atoms with van der Waals surface area (Å²) in [6, 6.07) is 13.9. The molecule has 0 radical (unpaired) electrons. The van der Waals surface area contributed by atoms with Crippen LogP contribution in [0.15, 0.2) is 48.5 Å². The number of ether oxygens (including phenoxy) is 1. The summed E-state index contributed by atoms with van der Waals surface area (Å²) in [6.07, 6.45) is 6.15. The number of nitrogens with zero attached hydrogens (tertiary/aromatic N) is 1. The maximum absolute atomic E-state index is 13.4. The molecule has 1 aliphatic carbocycles. The lowest BCUT2D eigenvalue weighted by molar-refractivity contribution is -0.143. The maximum atomic E-state index is 13.4. The molecule has 0 saturated heterocycles. The van der Waals surface area contributed by atoms with E-state index in [0.717, 1.165) is 50.5 Å². The summed E-state index contributed by atoms with van der Waals surface area (Å²) in [6.45, 7) is 1.00. The lowest BCUT2D eigenvalue weighted by atomic mass is 9.84. The van der Waals surface area contributed by atoms with Crippen LogP contribution >= 0.6 is 11.6 Å². The molecule has 10 heteroatoms. The number of rotatable bonds is 11. The third-order valence-electron chi connectivity index (χ3n) is 8.12. The normalized spacial score (nSPS) is 17.6. The zero-order valence-corrected chi connectivity index (χ0v) is 24.6. The van der Waals surface area contributed by atoms with Crippen LogP contribution in [-0.4, -0.2) is 52.5 Å². The smallest absolute Gasteiger partial charge is 0.408 e. The molecule has 3 amide bonds. The lowest BCUT2D eigenvalue weighted by Crippen LogP contribution is -2.57. The number of aryl methyl sites for hydroxylation is 1. The zero-order chi connectivity index (χ0) is 30.0. The molecule has 2 aromatic rings. The van der Waals surface area contributed by atoms with Crippen molar-refractivity contribution in [3.8, 4) is 0 Å². The van der Waals surface area contributed by atoms with Crippen LogP contribution in [0.1, 0.15) is 74.5 Å². The van der Waals surface area contributed by atoms with Gasteiger partial charge in [-0.05, 0) is 54.0 Å². The Labute approximate surface area is 251 Å². The van der Waals surface area contributed by atoms with E-state index >= 15 is 0 Å². The summed E-state index contributed by atoms with van der Waals surface area (Å²) in [7, 11) is 0. The fraction of sp³-hybridized carbons (Fsp3) is 0.500. The summed E-state index contributed by atoms with van der Waals surface area (Å²) in [5.74, 6) is -0.701. The van der Waals surface area contributed by atoms with Gasteiger partial charge in [0.25, 0.3) is 0 Å². The molecule has 0 aromatic heterocycles. The Morgan fingerprint density at radius 2 is 1.83 bits per heavy atom. The highest BCUT2D eigenvalue weighted by molar-refractivity contribution is 6.30. The maximum Gasteiger partial charge on any atom is 0.408 e. The Morgan fingerprint density at radius 3 is 2.57 bits per heavy atom. The Balaban J connectivity index is 1.36. The van der Waals surface area contributed by atoms with Crippen molar-refractivity contribution in [2.75, 3.05) is 6.54 Å². The van der Waals surface area contributed by atoms with E-state index in [0.29, 0.717) is 30.1 Å². The van der Waals surface area contributed by atoms with E-state index in [4.69, 9.17) is 16.3 Å². The topological polar surface area (TPSA) is 125 Å². The predicted octanol–water partition coefficient (Wildman–Crippen LogP) is 4.66. The number of amides is 3. The zero-order valence-electron chi connectivity index (χ0n) is 23.9. The van der Waals surface area contributed by atoms with Crippen LogP contribution in [0.4, 0.5) is 4.79 Å². The Kier molecular flexibility index (Phi) is 11.4. The van der Waals surface area contributed by atoms with E-state index in [2.05, 4.69) is 16.7 Å². The highest BCUT2D eigenvalue weighted by atomic mass is 35.5. The minimum Gasteiger partial charge on any atom is -0.445 e. The Bertz CT molecular complexity index is 1250. The number of aldehydes is 1. The summed E-state index contributed by atoms with van der Waals surface area (Å²) >= 11 is 6.00. The van der Waals surface area contributed by atoms with Gasteiger partial charge in [0.15, 0.2) is 12.0 Å². The quantitative estimate of drug-likeness (QED) is 0.255. The molecule has 1 unspecified atom stereocenters. The number of carbonyl (C=O) groups is 4. The van der Waals surface area contributed by atoms with Gasteiger partial charge in [0, 0.05) is 31.0 Å². The minimum absolute atomic E-state index is 0.0362. The Morgan fingerprint density at radius 1 is 1.07 bits per heavy atom. The van der Waals surface area contributed by atoms with Crippen molar-refractivity contribution in [2.45, 2.75) is 89.1 Å². The fourth-order valence-electron chi connectivity index (χ4n) is 5.77. The number of fused-ring (bicyclic) bond motifs is 1. The summed E-state index contributed by atoms with van der Waals surface area (Å²) < 4.78 is 5.32. The number of benzene rings is 2. The first-order valence-corrected chi connectivity index (χ1v) is 15.2. The molecule has 4 rings (SSSR count). The lowest BCUT2D eigenvalue weighted by Gasteiger charge is -2.30.